The summed E-state index contributed by atoms with van der Waals surface area (Å²) in [6.07, 6.45) is 1.16. The molecule has 1 saturated carbocycles. The van der Waals surface area contributed by atoms with Crippen molar-refractivity contribution in [2.45, 2.75) is 25.2 Å². The molecule has 0 heterocycles. The van der Waals surface area contributed by atoms with Crippen LogP contribution in [0, 0.1) is 17.6 Å². The molecule has 0 bridgehead atoms. The van der Waals surface area contributed by atoms with E-state index in [9.17, 15) is 18.7 Å². The van der Waals surface area contributed by atoms with Crippen LogP contribution in [-0.4, -0.2) is 11.1 Å². The van der Waals surface area contributed by atoms with Gasteiger partial charge < -0.3 is 5.11 Å². The lowest BCUT2D eigenvalue weighted by Crippen LogP contribution is -2.22. The molecule has 0 spiro atoms. The molecule has 1 aliphatic carbocycles. The van der Waals surface area contributed by atoms with Crippen LogP contribution in [0.15, 0.2) is 18.2 Å². The van der Waals surface area contributed by atoms with Gasteiger partial charge in [-0.3, -0.25) is 4.79 Å². The van der Waals surface area contributed by atoms with Gasteiger partial charge in [0, 0.05) is 6.07 Å². The molecular formula is C12H12F2O2. The van der Waals surface area contributed by atoms with Gasteiger partial charge in [0.15, 0.2) is 0 Å². The molecule has 0 saturated heterocycles. The van der Waals surface area contributed by atoms with Crippen molar-refractivity contribution in [3.63, 3.8) is 0 Å². The number of aliphatic carboxylic acids is 1. The van der Waals surface area contributed by atoms with Gasteiger partial charge in [-0.2, -0.15) is 0 Å². The van der Waals surface area contributed by atoms with E-state index in [1.54, 1.807) is 0 Å². The maximum absolute atomic E-state index is 13.0. The van der Waals surface area contributed by atoms with Gasteiger partial charge in [-0.25, -0.2) is 8.78 Å². The fourth-order valence-electron chi connectivity index (χ4n) is 2.37. The van der Waals surface area contributed by atoms with E-state index in [2.05, 4.69) is 0 Å². The molecule has 2 unspecified atom stereocenters. The van der Waals surface area contributed by atoms with Gasteiger partial charge in [0.1, 0.15) is 11.6 Å². The fraction of sp³-hybridized carbons (Fsp3) is 0.417. The molecule has 0 amide bonds. The van der Waals surface area contributed by atoms with Crippen molar-refractivity contribution in [2.75, 3.05) is 0 Å². The molecule has 0 aliphatic heterocycles. The minimum Gasteiger partial charge on any atom is -0.481 e. The lowest BCUT2D eigenvalue weighted by atomic mass is 9.92. The first-order valence-electron chi connectivity index (χ1n) is 5.20. The van der Waals surface area contributed by atoms with Crippen molar-refractivity contribution in [2.24, 2.45) is 5.92 Å². The molecular weight excluding hydrogens is 214 g/mol. The lowest BCUT2D eigenvalue weighted by molar-refractivity contribution is -0.140. The number of hydrogen-bond acceptors (Lipinski definition) is 1. The maximum Gasteiger partial charge on any atom is 0.314 e. The number of carboxylic acids is 1. The molecule has 2 rings (SSSR count). The van der Waals surface area contributed by atoms with Gasteiger partial charge in [-0.15, -0.1) is 0 Å². The highest BCUT2D eigenvalue weighted by Crippen LogP contribution is 2.56. The summed E-state index contributed by atoms with van der Waals surface area (Å²) in [6, 6.07) is 2.99. The molecule has 0 radical (unpaired) electrons. The molecule has 86 valence electrons. The Kier molecular flexibility index (Phi) is 2.45. The van der Waals surface area contributed by atoms with Gasteiger partial charge in [-0.05, 0) is 30.0 Å². The third-order valence-electron chi connectivity index (χ3n) is 3.36. The highest BCUT2D eigenvalue weighted by Gasteiger charge is 2.60. The molecule has 1 fully saturated rings. The van der Waals surface area contributed by atoms with E-state index in [1.165, 1.54) is 0 Å². The number of carbonyl (C=O) groups is 1. The van der Waals surface area contributed by atoms with Crippen LogP contribution in [0.1, 0.15) is 25.3 Å². The summed E-state index contributed by atoms with van der Waals surface area (Å²) in [5.74, 6) is -2.47. The normalized spacial score (nSPS) is 27.8. The van der Waals surface area contributed by atoms with Gasteiger partial charge in [-0.1, -0.05) is 13.3 Å². The molecule has 1 N–H and O–H groups in total. The van der Waals surface area contributed by atoms with Crippen LogP contribution < -0.4 is 0 Å². The molecule has 16 heavy (non-hydrogen) atoms. The summed E-state index contributed by atoms with van der Waals surface area (Å²) in [5.41, 5.74) is -0.832. The summed E-state index contributed by atoms with van der Waals surface area (Å²) in [4.78, 5) is 11.2. The van der Waals surface area contributed by atoms with E-state index in [0.717, 1.165) is 18.2 Å². The molecule has 2 atom stereocenters. The van der Waals surface area contributed by atoms with E-state index in [0.29, 0.717) is 12.8 Å². The van der Waals surface area contributed by atoms with Crippen molar-refractivity contribution in [3.05, 3.63) is 35.4 Å². The molecule has 2 nitrogen and oxygen atoms in total. The summed E-state index contributed by atoms with van der Waals surface area (Å²) < 4.78 is 26.1. The number of benzene rings is 1. The SMILES string of the molecule is CCC1CC1(C(=O)O)c1cc(F)cc(F)c1. The molecule has 1 aliphatic rings. The Balaban J connectivity index is 2.46. The first-order chi connectivity index (χ1) is 7.50. The molecule has 1 aromatic rings. The average Bonchev–Trinajstić information content (AvgIpc) is 2.91. The van der Waals surface area contributed by atoms with Crippen LogP contribution in [0.5, 0.6) is 0 Å². The predicted octanol–water partition coefficient (Wildman–Crippen LogP) is 2.72. The van der Waals surface area contributed by atoms with Crippen LogP contribution in [-0.2, 0) is 10.2 Å². The Hall–Kier alpha value is -1.45. The molecule has 4 heteroatoms. The zero-order valence-electron chi connectivity index (χ0n) is 8.84. The van der Waals surface area contributed by atoms with Crippen molar-refractivity contribution >= 4 is 5.97 Å². The van der Waals surface area contributed by atoms with E-state index in [-0.39, 0.29) is 11.5 Å². The van der Waals surface area contributed by atoms with E-state index in [4.69, 9.17) is 0 Å². The topological polar surface area (TPSA) is 37.3 Å². The van der Waals surface area contributed by atoms with E-state index >= 15 is 0 Å². The Morgan fingerprint density at radius 2 is 2.00 bits per heavy atom. The molecule has 0 aromatic heterocycles. The van der Waals surface area contributed by atoms with Gasteiger partial charge in [0.2, 0.25) is 0 Å². The fourth-order valence-corrected chi connectivity index (χ4v) is 2.37. The van der Waals surface area contributed by atoms with Crippen molar-refractivity contribution < 1.29 is 18.7 Å². The largest absolute Gasteiger partial charge is 0.481 e. The number of halogens is 2. The van der Waals surface area contributed by atoms with Gasteiger partial charge >= 0.3 is 5.97 Å². The first-order valence-corrected chi connectivity index (χ1v) is 5.20. The van der Waals surface area contributed by atoms with Gasteiger partial charge in [0.05, 0.1) is 5.41 Å². The Morgan fingerprint density at radius 3 is 2.38 bits per heavy atom. The standard InChI is InChI=1S/C12H12F2O2/c1-2-7-6-12(7,11(15)16)8-3-9(13)5-10(14)4-8/h3-5,7H,2,6H2,1H3,(H,15,16). The zero-order valence-corrected chi connectivity index (χ0v) is 8.84. The highest BCUT2D eigenvalue weighted by molar-refractivity contribution is 5.85. The zero-order chi connectivity index (χ0) is 11.9. The summed E-state index contributed by atoms with van der Waals surface area (Å²) in [7, 11) is 0. The maximum atomic E-state index is 13.0. The minimum absolute atomic E-state index is 0.0220. The van der Waals surface area contributed by atoms with Crippen LogP contribution in [0.3, 0.4) is 0 Å². The smallest absolute Gasteiger partial charge is 0.314 e. The monoisotopic (exact) mass is 226 g/mol. The summed E-state index contributed by atoms with van der Waals surface area (Å²) in [6.45, 7) is 1.88. The lowest BCUT2D eigenvalue weighted by Gasteiger charge is -2.12. The second-order valence-corrected chi connectivity index (χ2v) is 4.24. The number of carboxylic acid groups (broad SMARTS) is 1. The third kappa shape index (κ3) is 1.49. The van der Waals surface area contributed by atoms with E-state index < -0.39 is 23.0 Å². The Bertz CT molecular complexity index is 424. The third-order valence-corrected chi connectivity index (χ3v) is 3.36. The Labute approximate surface area is 91.9 Å². The van der Waals surface area contributed by atoms with Crippen molar-refractivity contribution in [1.29, 1.82) is 0 Å². The van der Waals surface area contributed by atoms with Crippen molar-refractivity contribution in [1.82, 2.24) is 0 Å². The quantitative estimate of drug-likeness (QED) is 0.860. The second-order valence-electron chi connectivity index (χ2n) is 4.24. The number of hydrogen-bond donors (Lipinski definition) is 1. The number of rotatable bonds is 3. The first kappa shape index (κ1) is 11.0. The average molecular weight is 226 g/mol. The van der Waals surface area contributed by atoms with Crippen LogP contribution in [0.2, 0.25) is 0 Å². The second kappa shape index (κ2) is 3.54. The van der Waals surface area contributed by atoms with E-state index in [1.807, 2.05) is 6.92 Å². The Morgan fingerprint density at radius 1 is 1.44 bits per heavy atom. The molecule has 1 aromatic carbocycles. The minimum atomic E-state index is -1.07. The highest BCUT2D eigenvalue weighted by atomic mass is 19.1. The van der Waals surface area contributed by atoms with Crippen LogP contribution >= 0.6 is 0 Å². The summed E-state index contributed by atoms with van der Waals surface area (Å²) >= 11 is 0. The van der Waals surface area contributed by atoms with Crippen LogP contribution in [0.25, 0.3) is 0 Å². The summed E-state index contributed by atoms with van der Waals surface area (Å²) in [5, 5.41) is 9.20. The van der Waals surface area contributed by atoms with Gasteiger partial charge in [0.25, 0.3) is 0 Å². The van der Waals surface area contributed by atoms with Crippen molar-refractivity contribution in [3.8, 4) is 0 Å². The predicted molar refractivity (Wildman–Crippen MR) is 54.1 cm³/mol. The van der Waals surface area contributed by atoms with Crippen LogP contribution in [0.4, 0.5) is 8.78 Å².